The van der Waals surface area contributed by atoms with Crippen molar-refractivity contribution < 1.29 is 19.0 Å². The van der Waals surface area contributed by atoms with Gasteiger partial charge in [0.1, 0.15) is 17.2 Å². The van der Waals surface area contributed by atoms with Crippen LogP contribution in [0.1, 0.15) is 12.0 Å². The van der Waals surface area contributed by atoms with Gasteiger partial charge in [-0.05, 0) is 7.05 Å². The van der Waals surface area contributed by atoms with Crippen LogP contribution in [-0.2, 0) is 11.3 Å². The Balaban J connectivity index is 0.00000400. The first-order valence-electron chi connectivity index (χ1n) is 6.36. The molecule has 0 fully saturated rings. The summed E-state index contributed by atoms with van der Waals surface area (Å²) in [6.07, 6.45) is 0.428. The summed E-state index contributed by atoms with van der Waals surface area (Å²) in [5, 5.41) is 5.77. The van der Waals surface area contributed by atoms with Gasteiger partial charge in [0, 0.05) is 25.1 Å². The van der Waals surface area contributed by atoms with E-state index in [1.807, 2.05) is 7.05 Å². The minimum Gasteiger partial charge on any atom is -0.496 e. The lowest BCUT2D eigenvalue weighted by Gasteiger charge is -2.15. The summed E-state index contributed by atoms with van der Waals surface area (Å²) >= 11 is 0. The second-order valence-corrected chi connectivity index (χ2v) is 4.14. The van der Waals surface area contributed by atoms with E-state index >= 15 is 0 Å². The molecule has 0 unspecified atom stereocenters. The zero-order chi connectivity index (χ0) is 15.0. The van der Waals surface area contributed by atoms with Gasteiger partial charge in [-0.1, -0.05) is 0 Å². The fraction of sp³-hybridized carbons (Fsp3) is 0.500. The van der Waals surface area contributed by atoms with Crippen molar-refractivity contribution in [1.82, 2.24) is 10.6 Å². The van der Waals surface area contributed by atoms with Crippen molar-refractivity contribution in [3.63, 3.8) is 0 Å². The molecular formula is C14H23ClN2O4. The maximum atomic E-state index is 11.6. The van der Waals surface area contributed by atoms with Gasteiger partial charge in [0.15, 0.2) is 0 Å². The minimum absolute atomic E-state index is 0. The van der Waals surface area contributed by atoms with Gasteiger partial charge in [0.2, 0.25) is 5.91 Å². The van der Waals surface area contributed by atoms with Gasteiger partial charge in [-0.2, -0.15) is 0 Å². The zero-order valence-corrected chi connectivity index (χ0v) is 13.6. The highest BCUT2D eigenvalue weighted by Gasteiger charge is 2.14. The number of nitrogens with one attached hydrogen (secondary N) is 2. The molecule has 6 nitrogen and oxygen atoms in total. The smallest absolute Gasteiger partial charge is 0.221 e. The summed E-state index contributed by atoms with van der Waals surface area (Å²) in [6, 6.07) is 3.52. The van der Waals surface area contributed by atoms with Crippen LogP contribution in [0.2, 0.25) is 0 Å². The van der Waals surface area contributed by atoms with E-state index in [4.69, 9.17) is 14.2 Å². The number of benzene rings is 1. The third kappa shape index (κ3) is 5.69. The highest BCUT2D eigenvalue weighted by molar-refractivity contribution is 5.85. The van der Waals surface area contributed by atoms with Crippen molar-refractivity contribution in [3.05, 3.63) is 17.7 Å². The first kappa shape index (κ1) is 19.3. The molecule has 0 bridgehead atoms. The SMILES string of the molecule is CNCCC(=O)NCc1c(OC)cc(OC)cc1OC.Cl. The van der Waals surface area contributed by atoms with E-state index in [1.54, 1.807) is 33.5 Å². The molecule has 120 valence electrons. The van der Waals surface area contributed by atoms with Crippen LogP contribution in [0.4, 0.5) is 0 Å². The molecule has 0 saturated heterocycles. The summed E-state index contributed by atoms with van der Waals surface area (Å²) in [4.78, 5) is 11.6. The van der Waals surface area contributed by atoms with E-state index in [0.717, 1.165) is 5.56 Å². The molecule has 0 aliphatic carbocycles. The molecule has 0 atom stereocenters. The Kier molecular flexibility index (Phi) is 9.32. The fourth-order valence-electron chi connectivity index (χ4n) is 1.77. The summed E-state index contributed by atoms with van der Waals surface area (Å²) in [6.45, 7) is 0.988. The molecular weight excluding hydrogens is 296 g/mol. The van der Waals surface area contributed by atoms with Gasteiger partial charge in [0.05, 0.1) is 33.4 Å². The Bertz CT molecular complexity index is 430. The van der Waals surface area contributed by atoms with Gasteiger partial charge in [-0.15, -0.1) is 12.4 Å². The van der Waals surface area contributed by atoms with Crippen molar-refractivity contribution in [2.24, 2.45) is 0 Å². The molecule has 0 aliphatic heterocycles. The predicted molar refractivity (Wildman–Crippen MR) is 83.7 cm³/mol. The highest BCUT2D eigenvalue weighted by atomic mass is 35.5. The fourth-order valence-corrected chi connectivity index (χ4v) is 1.77. The van der Waals surface area contributed by atoms with Crippen LogP contribution in [0.5, 0.6) is 17.2 Å². The molecule has 21 heavy (non-hydrogen) atoms. The van der Waals surface area contributed by atoms with Gasteiger partial charge < -0.3 is 24.8 Å². The lowest BCUT2D eigenvalue weighted by Crippen LogP contribution is -2.26. The first-order chi connectivity index (χ1) is 9.65. The maximum Gasteiger partial charge on any atom is 0.221 e. The number of methoxy groups -OCH3 is 3. The highest BCUT2D eigenvalue weighted by Crippen LogP contribution is 2.33. The van der Waals surface area contributed by atoms with E-state index < -0.39 is 0 Å². The number of carbonyl (C=O) groups is 1. The first-order valence-corrected chi connectivity index (χ1v) is 6.36. The summed E-state index contributed by atoms with van der Waals surface area (Å²) in [5.74, 6) is 1.86. The second-order valence-electron chi connectivity index (χ2n) is 4.14. The van der Waals surface area contributed by atoms with Gasteiger partial charge in [-0.3, -0.25) is 4.79 Å². The molecule has 7 heteroatoms. The van der Waals surface area contributed by atoms with Crippen LogP contribution < -0.4 is 24.8 Å². The number of halogens is 1. The van der Waals surface area contributed by atoms with Gasteiger partial charge in [-0.25, -0.2) is 0 Å². The molecule has 0 saturated carbocycles. The standard InChI is InChI=1S/C14H22N2O4.ClH/c1-15-6-5-14(17)16-9-11-12(19-3)7-10(18-2)8-13(11)20-4;/h7-8,15H,5-6,9H2,1-4H3,(H,16,17);1H. The third-order valence-corrected chi connectivity index (χ3v) is 2.88. The van der Waals surface area contributed by atoms with Crippen molar-refractivity contribution in [2.45, 2.75) is 13.0 Å². The third-order valence-electron chi connectivity index (χ3n) is 2.88. The molecule has 2 N–H and O–H groups in total. The Morgan fingerprint density at radius 1 is 1.10 bits per heavy atom. The number of ether oxygens (including phenoxy) is 3. The van der Waals surface area contributed by atoms with Crippen molar-refractivity contribution in [1.29, 1.82) is 0 Å². The van der Waals surface area contributed by atoms with Crippen molar-refractivity contribution in [3.8, 4) is 17.2 Å². The predicted octanol–water partition coefficient (Wildman–Crippen LogP) is 1.36. The molecule has 1 aromatic rings. The second kappa shape index (κ2) is 10.1. The Morgan fingerprint density at radius 3 is 2.10 bits per heavy atom. The molecule has 1 aromatic carbocycles. The van der Waals surface area contributed by atoms with E-state index in [-0.39, 0.29) is 18.3 Å². The van der Waals surface area contributed by atoms with Crippen LogP contribution in [-0.4, -0.2) is 40.8 Å². The number of amides is 1. The van der Waals surface area contributed by atoms with Crippen LogP contribution in [0.3, 0.4) is 0 Å². The number of carbonyl (C=O) groups excluding carboxylic acids is 1. The number of hydrogen-bond donors (Lipinski definition) is 2. The molecule has 0 radical (unpaired) electrons. The van der Waals surface area contributed by atoms with Gasteiger partial charge >= 0.3 is 0 Å². The summed E-state index contributed by atoms with van der Waals surface area (Å²) in [7, 11) is 6.53. The van der Waals surface area contributed by atoms with E-state index in [1.165, 1.54) is 0 Å². The summed E-state index contributed by atoms with van der Waals surface area (Å²) in [5.41, 5.74) is 0.786. The molecule has 0 spiro atoms. The average molecular weight is 319 g/mol. The maximum absolute atomic E-state index is 11.6. The van der Waals surface area contributed by atoms with Gasteiger partial charge in [0.25, 0.3) is 0 Å². The Hall–Kier alpha value is -1.66. The molecule has 0 aliphatic rings. The lowest BCUT2D eigenvalue weighted by molar-refractivity contribution is -0.121. The molecule has 0 heterocycles. The largest absolute Gasteiger partial charge is 0.496 e. The zero-order valence-electron chi connectivity index (χ0n) is 12.8. The van der Waals surface area contributed by atoms with Crippen LogP contribution in [0, 0.1) is 0 Å². The van der Waals surface area contributed by atoms with Crippen molar-refractivity contribution >= 4 is 18.3 Å². The van der Waals surface area contributed by atoms with Crippen LogP contribution in [0.25, 0.3) is 0 Å². The molecule has 1 rings (SSSR count). The normalized spacial score (nSPS) is 9.52. The minimum atomic E-state index is -0.0284. The van der Waals surface area contributed by atoms with E-state index in [2.05, 4.69) is 10.6 Å². The number of rotatable bonds is 8. The monoisotopic (exact) mass is 318 g/mol. The Labute approximate surface area is 131 Å². The van der Waals surface area contributed by atoms with E-state index in [9.17, 15) is 4.79 Å². The average Bonchev–Trinajstić information content (AvgIpc) is 2.49. The van der Waals surface area contributed by atoms with Crippen molar-refractivity contribution in [2.75, 3.05) is 34.9 Å². The van der Waals surface area contributed by atoms with Crippen LogP contribution in [0.15, 0.2) is 12.1 Å². The van der Waals surface area contributed by atoms with Crippen LogP contribution >= 0.6 is 12.4 Å². The lowest BCUT2D eigenvalue weighted by atomic mass is 10.1. The number of hydrogen-bond acceptors (Lipinski definition) is 5. The summed E-state index contributed by atoms with van der Waals surface area (Å²) < 4.78 is 15.8. The molecule has 0 aromatic heterocycles. The Morgan fingerprint density at radius 2 is 1.67 bits per heavy atom. The quantitative estimate of drug-likeness (QED) is 0.757. The topological polar surface area (TPSA) is 68.8 Å². The molecule has 1 amide bonds. The van der Waals surface area contributed by atoms with E-state index in [0.29, 0.717) is 36.8 Å².